The molecule has 4 heteroatoms. The minimum Gasteiger partial charge on any atom is -0.507 e. The molecule has 0 saturated carbocycles. The SMILES string of the molecule is CC.COC(=O)c1ccc(Br)cc1O. The van der Waals surface area contributed by atoms with Gasteiger partial charge in [-0.15, -0.1) is 0 Å². The van der Waals surface area contributed by atoms with Crippen molar-refractivity contribution in [2.24, 2.45) is 0 Å². The average molecular weight is 261 g/mol. The van der Waals surface area contributed by atoms with Gasteiger partial charge in [-0.25, -0.2) is 4.79 Å². The van der Waals surface area contributed by atoms with E-state index in [2.05, 4.69) is 20.7 Å². The van der Waals surface area contributed by atoms with Gasteiger partial charge < -0.3 is 9.84 Å². The Bertz CT molecular complexity index is 310. The molecule has 1 rings (SSSR count). The monoisotopic (exact) mass is 260 g/mol. The molecule has 0 atom stereocenters. The normalized spacial score (nSPS) is 8.57. The smallest absolute Gasteiger partial charge is 0.341 e. The number of hydrogen-bond acceptors (Lipinski definition) is 3. The largest absolute Gasteiger partial charge is 0.507 e. The molecule has 0 aromatic heterocycles. The van der Waals surface area contributed by atoms with Crippen molar-refractivity contribution >= 4 is 21.9 Å². The molecule has 0 aliphatic heterocycles. The van der Waals surface area contributed by atoms with Crippen molar-refractivity contribution in [2.75, 3.05) is 7.11 Å². The molecule has 14 heavy (non-hydrogen) atoms. The number of rotatable bonds is 1. The van der Waals surface area contributed by atoms with Gasteiger partial charge in [-0.3, -0.25) is 0 Å². The zero-order chi connectivity index (χ0) is 11.1. The highest BCUT2D eigenvalue weighted by Gasteiger charge is 2.10. The Morgan fingerprint density at radius 2 is 2.00 bits per heavy atom. The maximum absolute atomic E-state index is 10.9. The molecule has 0 bridgehead atoms. The highest BCUT2D eigenvalue weighted by molar-refractivity contribution is 9.10. The summed E-state index contributed by atoms with van der Waals surface area (Å²) in [5.41, 5.74) is 0.167. The third-order valence-corrected chi connectivity index (χ3v) is 1.86. The number of halogens is 1. The first kappa shape index (κ1) is 13.0. The van der Waals surface area contributed by atoms with Crippen LogP contribution < -0.4 is 0 Å². The van der Waals surface area contributed by atoms with Crippen LogP contribution >= 0.6 is 15.9 Å². The van der Waals surface area contributed by atoms with Crippen molar-refractivity contribution in [1.82, 2.24) is 0 Å². The van der Waals surface area contributed by atoms with E-state index in [1.807, 2.05) is 13.8 Å². The van der Waals surface area contributed by atoms with E-state index >= 15 is 0 Å². The van der Waals surface area contributed by atoms with E-state index in [1.54, 1.807) is 6.07 Å². The van der Waals surface area contributed by atoms with Crippen LogP contribution in [0.3, 0.4) is 0 Å². The molecule has 0 spiro atoms. The predicted molar refractivity (Wildman–Crippen MR) is 58.5 cm³/mol. The van der Waals surface area contributed by atoms with E-state index in [9.17, 15) is 9.90 Å². The Kier molecular flexibility index (Phi) is 5.95. The fraction of sp³-hybridized carbons (Fsp3) is 0.300. The summed E-state index contributed by atoms with van der Waals surface area (Å²) in [6.07, 6.45) is 0. The Hall–Kier alpha value is -1.03. The average Bonchev–Trinajstić information content (AvgIpc) is 2.20. The molecule has 0 amide bonds. The van der Waals surface area contributed by atoms with Crippen molar-refractivity contribution in [2.45, 2.75) is 13.8 Å². The predicted octanol–water partition coefficient (Wildman–Crippen LogP) is 2.97. The second-order valence-electron chi connectivity index (χ2n) is 2.15. The topological polar surface area (TPSA) is 46.5 Å². The van der Waals surface area contributed by atoms with Crippen LogP contribution in [-0.4, -0.2) is 18.2 Å². The highest BCUT2D eigenvalue weighted by Crippen LogP contribution is 2.22. The van der Waals surface area contributed by atoms with Gasteiger partial charge in [-0.1, -0.05) is 29.8 Å². The fourth-order valence-electron chi connectivity index (χ4n) is 0.787. The molecule has 0 unspecified atom stereocenters. The molecule has 1 aromatic carbocycles. The standard InChI is InChI=1S/C8H7BrO3.C2H6/c1-12-8(11)6-3-2-5(9)4-7(6)10;1-2/h2-4,10H,1H3;1-2H3. The second kappa shape index (κ2) is 6.43. The molecule has 0 radical (unpaired) electrons. The summed E-state index contributed by atoms with van der Waals surface area (Å²) in [7, 11) is 1.27. The number of phenolic OH excluding ortho intramolecular Hbond substituents is 1. The third kappa shape index (κ3) is 3.38. The summed E-state index contributed by atoms with van der Waals surface area (Å²) >= 11 is 3.16. The number of carbonyl (C=O) groups is 1. The Morgan fingerprint density at radius 1 is 1.43 bits per heavy atom. The number of hydrogen-bond donors (Lipinski definition) is 1. The lowest BCUT2D eigenvalue weighted by Crippen LogP contribution is -2.00. The van der Waals surface area contributed by atoms with Crippen LogP contribution in [0.1, 0.15) is 24.2 Å². The number of esters is 1. The molecule has 0 fully saturated rings. The Balaban J connectivity index is 0.000000791. The third-order valence-electron chi connectivity index (χ3n) is 1.37. The molecule has 78 valence electrons. The van der Waals surface area contributed by atoms with E-state index in [1.165, 1.54) is 19.2 Å². The zero-order valence-electron chi connectivity index (χ0n) is 8.37. The second-order valence-corrected chi connectivity index (χ2v) is 3.07. The summed E-state index contributed by atoms with van der Waals surface area (Å²) in [5.74, 6) is -0.628. The maximum atomic E-state index is 10.9. The Morgan fingerprint density at radius 3 is 2.43 bits per heavy atom. The molecule has 3 nitrogen and oxygen atoms in total. The van der Waals surface area contributed by atoms with Gasteiger partial charge in [0, 0.05) is 4.47 Å². The van der Waals surface area contributed by atoms with Crippen LogP contribution in [0.15, 0.2) is 22.7 Å². The first-order valence-electron chi connectivity index (χ1n) is 4.22. The van der Waals surface area contributed by atoms with Crippen LogP contribution in [0.5, 0.6) is 5.75 Å². The molecular weight excluding hydrogens is 248 g/mol. The minimum absolute atomic E-state index is 0.0868. The van der Waals surface area contributed by atoms with Gasteiger partial charge in [0.05, 0.1) is 7.11 Å². The van der Waals surface area contributed by atoms with E-state index in [0.29, 0.717) is 4.47 Å². The first-order chi connectivity index (χ1) is 6.65. The molecular formula is C10H13BrO3. The van der Waals surface area contributed by atoms with Crippen molar-refractivity contribution in [1.29, 1.82) is 0 Å². The van der Waals surface area contributed by atoms with Crippen LogP contribution in [0, 0.1) is 0 Å². The number of carbonyl (C=O) groups excluding carboxylic acids is 1. The summed E-state index contributed by atoms with van der Waals surface area (Å²) in [6.45, 7) is 4.00. The van der Waals surface area contributed by atoms with E-state index in [-0.39, 0.29) is 11.3 Å². The van der Waals surface area contributed by atoms with Crippen molar-refractivity contribution in [3.05, 3.63) is 28.2 Å². The molecule has 0 aliphatic carbocycles. The van der Waals surface area contributed by atoms with Gasteiger partial charge in [0.25, 0.3) is 0 Å². The lowest BCUT2D eigenvalue weighted by molar-refractivity contribution is 0.0597. The van der Waals surface area contributed by atoms with E-state index in [0.717, 1.165) is 0 Å². The lowest BCUT2D eigenvalue weighted by atomic mass is 10.2. The summed E-state index contributed by atoms with van der Waals surface area (Å²) in [4.78, 5) is 10.9. The van der Waals surface area contributed by atoms with Crippen LogP contribution in [-0.2, 0) is 4.74 Å². The van der Waals surface area contributed by atoms with Crippen molar-refractivity contribution < 1.29 is 14.6 Å². The van der Waals surface area contributed by atoms with Crippen LogP contribution in [0.4, 0.5) is 0 Å². The minimum atomic E-state index is -0.542. The van der Waals surface area contributed by atoms with Gasteiger partial charge in [0.1, 0.15) is 11.3 Å². The van der Waals surface area contributed by atoms with Gasteiger partial charge >= 0.3 is 5.97 Å². The van der Waals surface area contributed by atoms with E-state index in [4.69, 9.17) is 0 Å². The van der Waals surface area contributed by atoms with Crippen molar-refractivity contribution in [3.8, 4) is 5.75 Å². The summed E-state index contributed by atoms with van der Waals surface area (Å²) < 4.78 is 5.16. The quantitative estimate of drug-likeness (QED) is 0.790. The molecule has 0 heterocycles. The van der Waals surface area contributed by atoms with E-state index < -0.39 is 5.97 Å². The van der Waals surface area contributed by atoms with Gasteiger partial charge in [-0.2, -0.15) is 0 Å². The number of methoxy groups -OCH3 is 1. The maximum Gasteiger partial charge on any atom is 0.341 e. The number of aromatic hydroxyl groups is 1. The highest BCUT2D eigenvalue weighted by atomic mass is 79.9. The number of phenols is 1. The lowest BCUT2D eigenvalue weighted by Gasteiger charge is -2.01. The van der Waals surface area contributed by atoms with Gasteiger partial charge in [0.2, 0.25) is 0 Å². The van der Waals surface area contributed by atoms with Gasteiger partial charge in [-0.05, 0) is 18.2 Å². The first-order valence-corrected chi connectivity index (χ1v) is 5.01. The summed E-state index contributed by atoms with van der Waals surface area (Å²) in [5, 5.41) is 9.26. The number of ether oxygens (including phenoxy) is 1. The molecule has 1 aromatic rings. The number of benzene rings is 1. The molecule has 0 saturated heterocycles. The van der Waals surface area contributed by atoms with Crippen molar-refractivity contribution in [3.63, 3.8) is 0 Å². The molecule has 0 aliphatic rings. The van der Waals surface area contributed by atoms with Crippen LogP contribution in [0.2, 0.25) is 0 Å². The summed E-state index contributed by atoms with van der Waals surface area (Å²) in [6, 6.07) is 4.59. The van der Waals surface area contributed by atoms with Gasteiger partial charge in [0.15, 0.2) is 0 Å². The molecule has 1 N–H and O–H groups in total. The Labute approximate surface area is 91.8 Å². The fourth-order valence-corrected chi connectivity index (χ4v) is 1.14. The van der Waals surface area contributed by atoms with Crippen LogP contribution in [0.25, 0.3) is 0 Å². The zero-order valence-corrected chi connectivity index (χ0v) is 9.96.